The van der Waals surface area contributed by atoms with Crippen LogP contribution in [0.2, 0.25) is 0 Å². The number of primary amides is 1. The number of benzene rings is 4. The summed E-state index contributed by atoms with van der Waals surface area (Å²) >= 11 is 0. The van der Waals surface area contributed by atoms with Crippen molar-refractivity contribution in [3.8, 4) is 0 Å². The molecule has 0 saturated carbocycles. The molecular weight excluding hydrogens is 368 g/mol. The average Bonchev–Trinajstić information content (AvgIpc) is 3.08. The van der Waals surface area contributed by atoms with E-state index in [0.29, 0.717) is 5.56 Å². The van der Waals surface area contributed by atoms with Gasteiger partial charge in [0.25, 0.3) is 0 Å². The first-order valence-electron chi connectivity index (χ1n) is 10.4. The molecule has 0 radical (unpaired) electrons. The highest BCUT2D eigenvalue weighted by atomic mass is 16.1. The van der Waals surface area contributed by atoms with Crippen LogP contribution in [0.15, 0.2) is 72.8 Å². The maximum absolute atomic E-state index is 12.2. The van der Waals surface area contributed by atoms with Gasteiger partial charge in [-0.15, -0.1) is 0 Å². The molecule has 30 heavy (non-hydrogen) atoms. The molecule has 148 valence electrons. The summed E-state index contributed by atoms with van der Waals surface area (Å²) in [6.45, 7) is 5.05. The molecule has 0 spiro atoms. The van der Waals surface area contributed by atoms with E-state index in [2.05, 4.69) is 79.1 Å². The van der Waals surface area contributed by atoms with Crippen LogP contribution < -0.4 is 5.73 Å². The lowest BCUT2D eigenvalue weighted by molar-refractivity contribution is 0.100. The van der Waals surface area contributed by atoms with Crippen molar-refractivity contribution in [3.05, 3.63) is 95.1 Å². The summed E-state index contributed by atoms with van der Waals surface area (Å²) in [6.07, 6.45) is 0.966. The van der Waals surface area contributed by atoms with Gasteiger partial charge in [-0.05, 0) is 59.0 Å². The first kappa shape index (κ1) is 18.4. The molecule has 1 aromatic heterocycles. The smallest absolute Gasteiger partial charge is 0.249 e. The SMILES string of the molecule is CCc1ccc2c3c(C(N)=O)cccc3n(Cc3ccc(C)c4ccccc34)c2c1. The zero-order valence-corrected chi connectivity index (χ0v) is 17.3. The van der Waals surface area contributed by atoms with Crippen molar-refractivity contribution in [2.45, 2.75) is 26.8 Å². The Hall–Kier alpha value is -3.59. The molecule has 5 aromatic rings. The number of nitrogens with two attached hydrogens (primary N) is 1. The highest BCUT2D eigenvalue weighted by Gasteiger charge is 2.17. The van der Waals surface area contributed by atoms with E-state index in [4.69, 9.17) is 5.73 Å². The third-order valence-electron chi connectivity index (χ3n) is 6.19. The number of carbonyl (C=O) groups excluding carboxylic acids is 1. The van der Waals surface area contributed by atoms with Crippen LogP contribution in [0.1, 0.15) is 34.0 Å². The van der Waals surface area contributed by atoms with Crippen molar-refractivity contribution in [1.29, 1.82) is 0 Å². The van der Waals surface area contributed by atoms with Crippen LogP contribution in [0.4, 0.5) is 0 Å². The number of hydrogen-bond donors (Lipinski definition) is 1. The molecule has 0 aliphatic carbocycles. The third-order valence-corrected chi connectivity index (χ3v) is 6.19. The molecule has 0 unspecified atom stereocenters. The van der Waals surface area contributed by atoms with Gasteiger partial charge in [-0.2, -0.15) is 0 Å². The molecule has 0 saturated heterocycles. The number of nitrogens with zero attached hydrogens (tertiary/aromatic N) is 1. The molecular formula is C27H24N2O. The first-order valence-corrected chi connectivity index (χ1v) is 10.4. The minimum atomic E-state index is -0.389. The summed E-state index contributed by atoms with van der Waals surface area (Å²) in [6, 6.07) is 25.3. The monoisotopic (exact) mass is 392 g/mol. The van der Waals surface area contributed by atoms with Crippen molar-refractivity contribution in [3.63, 3.8) is 0 Å². The van der Waals surface area contributed by atoms with Gasteiger partial charge in [-0.25, -0.2) is 0 Å². The van der Waals surface area contributed by atoms with E-state index in [-0.39, 0.29) is 5.91 Å². The minimum Gasteiger partial charge on any atom is -0.366 e. The highest BCUT2D eigenvalue weighted by Crippen LogP contribution is 2.34. The second kappa shape index (κ2) is 7.03. The van der Waals surface area contributed by atoms with E-state index in [1.807, 2.05) is 12.1 Å². The van der Waals surface area contributed by atoms with Gasteiger partial charge in [-0.3, -0.25) is 4.79 Å². The predicted octanol–water partition coefficient (Wildman–Crippen LogP) is 5.97. The summed E-state index contributed by atoms with van der Waals surface area (Å²) in [5.74, 6) is -0.389. The zero-order valence-electron chi connectivity index (χ0n) is 17.3. The van der Waals surface area contributed by atoms with Gasteiger partial charge in [0, 0.05) is 28.4 Å². The van der Waals surface area contributed by atoms with Gasteiger partial charge in [0.15, 0.2) is 0 Å². The molecule has 1 heterocycles. The normalized spacial score (nSPS) is 11.5. The van der Waals surface area contributed by atoms with E-state index in [1.165, 1.54) is 27.5 Å². The van der Waals surface area contributed by atoms with Crippen molar-refractivity contribution < 1.29 is 4.79 Å². The summed E-state index contributed by atoms with van der Waals surface area (Å²) in [7, 11) is 0. The van der Waals surface area contributed by atoms with Gasteiger partial charge in [0.05, 0.1) is 5.52 Å². The van der Waals surface area contributed by atoms with Crippen molar-refractivity contribution in [2.24, 2.45) is 5.73 Å². The van der Waals surface area contributed by atoms with Gasteiger partial charge in [0.1, 0.15) is 0 Å². The number of aryl methyl sites for hydroxylation is 2. The van der Waals surface area contributed by atoms with Crippen molar-refractivity contribution in [2.75, 3.05) is 0 Å². The number of aromatic nitrogens is 1. The average molecular weight is 393 g/mol. The molecule has 0 atom stereocenters. The van der Waals surface area contributed by atoms with Gasteiger partial charge in [-0.1, -0.05) is 61.5 Å². The maximum atomic E-state index is 12.2. The number of hydrogen-bond acceptors (Lipinski definition) is 1. The number of fused-ring (bicyclic) bond motifs is 4. The maximum Gasteiger partial charge on any atom is 0.249 e. The fraction of sp³-hybridized carbons (Fsp3) is 0.148. The first-order chi connectivity index (χ1) is 14.6. The standard InChI is InChI=1S/C27H24N2O/c1-3-18-12-14-22-25(15-18)29(24-10-6-9-23(26(22)24)27(28)30)16-19-13-11-17(2)20-7-4-5-8-21(19)20/h4-15H,3,16H2,1-2H3,(H2,28,30). The zero-order chi connectivity index (χ0) is 20.8. The Labute approximate surface area is 175 Å². The van der Waals surface area contributed by atoms with E-state index < -0.39 is 0 Å². The van der Waals surface area contributed by atoms with Crippen LogP contribution in [0, 0.1) is 6.92 Å². The predicted molar refractivity (Wildman–Crippen MR) is 125 cm³/mol. The summed E-state index contributed by atoms with van der Waals surface area (Å²) in [5.41, 5.74) is 12.3. The Bertz CT molecular complexity index is 1440. The lowest BCUT2D eigenvalue weighted by Crippen LogP contribution is -2.11. The van der Waals surface area contributed by atoms with Crippen LogP contribution in [0.5, 0.6) is 0 Å². The fourth-order valence-corrected chi connectivity index (χ4v) is 4.61. The Morgan fingerprint density at radius 2 is 1.67 bits per heavy atom. The number of amides is 1. The van der Waals surface area contributed by atoms with Crippen LogP contribution in [0.3, 0.4) is 0 Å². The quantitative estimate of drug-likeness (QED) is 0.403. The lowest BCUT2D eigenvalue weighted by Gasteiger charge is -2.13. The van der Waals surface area contributed by atoms with Crippen molar-refractivity contribution in [1.82, 2.24) is 4.57 Å². The second-order valence-corrected chi connectivity index (χ2v) is 7.94. The Morgan fingerprint density at radius 1 is 0.867 bits per heavy atom. The number of carbonyl (C=O) groups is 1. The molecule has 0 aliphatic rings. The lowest BCUT2D eigenvalue weighted by atomic mass is 10.0. The highest BCUT2D eigenvalue weighted by molar-refractivity contribution is 6.18. The Kier molecular flexibility index (Phi) is 4.32. The molecule has 0 bridgehead atoms. The summed E-state index contributed by atoms with van der Waals surface area (Å²) < 4.78 is 2.33. The number of rotatable bonds is 4. The van der Waals surface area contributed by atoms with Crippen LogP contribution in [0.25, 0.3) is 32.6 Å². The van der Waals surface area contributed by atoms with Gasteiger partial charge >= 0.3 is 0 Å². The van der Waals surface area contributed by atoms with Crippen LogP contribution >= 0.6 is 0 Å². The molecule has 3 heteroatoms. The van der Waals surface area contributed by atoms with E-state index in [1.54, 1.807) is 0 Å². The largest absolute Gasteiger partial charge is 0.366 e. The van der Waals surface area contributed by atoms with E-state index in [0.717, 1.165) is 34.8 Å². The molecule has 3 nitrogen and oxygen atoms in total. The summed E-state index contributed by atoms with van der Waals surface area (Å²) in [5, 5.41) is 4.57. The van der Waals surface area contributed by atoms with Gasteiger partial charge in [0.2, 0.25) is 5.91 Å². The van der Waals surface area contributed by atoms with Crippen molar-refractivity contribution >= 4 is 38.5 Å². The fourth-order valence-electron chi connectivity index (χ4n) is 4.61. The van der Waals surface area contributed by atoms with Crippen LogP contribution in [-0.2, 0) is 13.0 Å². The molecule has 0 aliphatic heterocycles. The van der Waals surface area contributed by atoms with Crippen LogP contribution in [-0.4, -0.2) is 10.5 Å². The van der Waals surface area contributed by atoms with Gasteiger partial charge < -0.3 is 10.3 Å². The van der Waals surface area contributed by atoms with E-state index >= 15 is 0 Å². The topological polar surface area (TPSA) is 48.0 Å². The molecule has 0 fully saturated rings. The van der Waals surface area contributed by atoms with E-state index in [9.17, 15) is 4.79 Å². The molecule has 2 N–H and O–H groups in total. The third kappa shape index (κ3) is 2.78. The molecule has 1 amide bonds. The molecule has 4 aromatic carbocycles. The summed E-state index contributed by atoms with van der Waals surface area (Å²) in [4.78, 5) is 12.2. The Morgan fingerprint density at radius 3 is 2.43 bits per heavy atom. The minimum absolute atomic E-state index is 0.389. The Balaban J connectivity index is 1.83. The molecule has 5 rings (SSSR count). The second-order valence-electron chi connectivity index (χ2n) is 7.94.